The van der Waals surface area contributed by atoms with Gasteiger partial charge in [-0.05, 0) is 52.6 Å². The van der Waals surface area contributed by atoms with Crippen molar-refractivity contribution >= 4 is 6.09 Å². The highest BCUT2D eigenvalue weighted by atomic mass is 16.8. The minimum absolute atomic E-state index is 0.267. The van der Waals surface area contributed by atoms with Gasteiger partial charge in [0.05, 0.1) is 0 Å². The van der Waals surface area contributed by atoms with E-state index in [1.165, 1.54) is 4.90 Å². The van der Waals surface area contributed by atoms with Gasteiger partial charge in [0.2, 0.25) is 0 Å². The highest BCUT2D eigenvalue weighted by molar-refractivity contribution is 5.67. The maximum Gasteiger partial charge on any atom is 0.409 e. The first-order valence-electron chi connectivity index (χ1n) is 9.54. The summed E-state index contributed by atoms with van der Waals surface area (Å²) in [6, 6.07) is 0.267. The number of carbonyl (C=O) groups excluding carboxylic acids is 1. The molecule has 0 aromatic rings. The number of hydrogen-bond acceptors (Lipinski definition) is 7. The monoisotopic (exact) mass is 371 g/mol. The summed E-state index contributed by atoms with van der Waals surface area (Å²) >= 11 is 0. The van der Waals surface area contributed by atoms with Crippen molar-refractivity contribution in [2.75, 3.05) is 33.7 Å². The predicted octanol–water partition coefficient (Wildman–Crippen LogP) is 0.521. The number of aliphatic hydroxyl groups excluding tert-OH is 1. The van der Waals surface area contributed by atoms with Gasteiger partial charge in [0.25, 0.3) is 0 Å². The normalized spacial score (nSPS) is 38.0. The third kappa shape index (κ3) is 3.99. The Morgan fingerprint density at radius 1 is 1.31 bits per heavy atom. The Morgan fingerprint density at radius 2 is 1.96 bits per heavy atom. The minimum atomic E-state index is -0.915. The van der Waals surface area contributed by atoms with Crippen molar-refractivity contribution in [1.82, 2.24) is 9.80 Å². The third-order valence-corrected chi connectivity index (χ3v) is 5.66. The fraction of sp³-hybridized carbons (Fsp3) is 0.944. The van der Waals surface area contributed by atoms with E-state index < -0.39 is 35.8 Å². The second kappa shape index (κ2) is 7.24. The standard InChI is InChI=1S/C18H33N3O5/c1-17(2)25-15-14(22)13(24-16(23)20(3)4)5-8-18(15,26-17)11-21-9-6-12(19)7-10-21/h12-15,22H,5-11,19H2,1-4H3/t13-,14-,15+,18+/m1/s1. The Morgan fingerprint density at radius 3 is 2.58 bits per heavy atom. The molecule has 0 aromatic carbocycles. The molecule has 0 unspecified atom stereocenters. The Kier molecular flexibility index (Phi) is 5.52. The number of likely N-dealkylation sites (tertiary alicyclic amines) is 1. The summed E-state index contributed by atoms with van der Waals surface area (Å²) in [5, 5.41) is 10.9. The average molecular weight is 371 g/mol. The first kappa shape index (κ1) is 19.8. The summed E-state index contributed by atoms with van der Waals surface area (Å²) in [7, 11) is 3.25. The van der Waals surface area contributed by atoms with E-state index in [0.29, 0.717) is 19.4 Å². The molecule has 1 saturated carbocycles. The fourth-order valence-electron chi connectivity index (χ4n) is 4.37. The SMILES string of the molecule is CN(C)C(=O)O[C@@H]1CC[C@@]2(CN3CCC(N)CC3)OC(C)(C)O[C@H]2[C@@H]1O. The van der Waals surface area contributed by atoms with Crippen LogP contribution in [0, 0.1) is 0 Å². The van der Waals surface area contributed by atoms with Crippen LogP contribution in [0.15, 0.2) is 0 Å². The molecule has 8 heteroatoms. The topological polar surface area (TPSA) is 97.5 Å². The molecule has 4 atom stereocenters. The first-order valence-corrected chi connectivity index (χ1v) is 9.54. The van der Waals surface area contributed by atoms with Crippen molar-refractivity contribution < 1.29 is 24.1 Å². The maximum absolute atomic E-state index is 11.9. The number of ether oxygens (including phenoxy) is 3. The van der Waals surface area contributed by atoms with Crippen LogP contribution in [0.5, 0.6) is 0 Å². The number of hydrogen-bond donors (Lipinski definition) is 2. The van der Waals surface area contributed by atoms with Gasteiger partial charge in [0.15, 0.2) is 5.79 Å². The Balaban J connectivity index is 1.73. The number of carbonyl (C=O) groups is 1. The van der Waals surface area contributed by atoms with Gasteiger partial charge in [0.1, 0.15) is 23.9 Å². The third-order valence-electron chi connectivity index (χ3n) is 5.66. The van der Waals surface area contributed by atoms with Gasteiger partial charge in [-0.2, -0.15) is 0 Å². The van der Waals surface area contributed by atoms with Crippen LogP contribution in [0.3, 0.4) is 0 Å². The zero-order chi connectivity index (χ0) is 19.1. The molecule has 8 nitrogen and oxygen atoms in total. The van der Waals surface area contributed by atoms with E-state index in [-0.39, 0.29) is 6.04 Å². The van der Waals surface area contributed by atoms with E-state index in [1.807, 2.05) is 13.8 Å². The van der Waals surface area contributed by atoms with Crippen LogP contribution in [-0.2, 0) is 14.2 Å². The summed E-state index contributed by atoms with van der Waals surface area (Å²) in [4.78, 5) is 15.6. The number of rotatable bonds is 3. The molecule has 26 heavy (non-hydrogen) atoms. The quantitative estimate of drug-likeness (QED) is 0.746. The van der Waals surface area contributed by atoms with E-state index in [2.05, 4.69) is 4.90 Å². The lowest BCUT2D eigenvalue weighted by Gasteiger charge is -2.45. The number of amides is 1. The molecule has 2 heterocycles. The zero-order valence-corrected chi connectivity index (χ0v) is 16.3. The average Bonchev–Trinajstić information content (AvgIpc) is 2.84. The Labute approximate surface area is 155 Å². The lowest BCUT2D eigenvalue weighted by Crippen LogP contribution is -2.61. The first-order chi connectivity index (χ1) is 12.1. The molecule has 1 amide bonds. The van der Waals surface area contributed by atoms with Crippen molar-refractivity contribution in [3.05, 3.63) is 0 Å². The molecule has 3 fully saturated rings. The van der Waals surface area contributed by atoms with Gasteiger partial charge in [-0.1, -0.05) is 0 Å². The van der Waals surface area contributed by atoms with Crippen LogP contribution in [0.25, 0.3) is 0 Å². The number of nitrogens with zero attached hydrogens (tertiary/aromatic N) is 2. The van der Waals surface area contributed by atoms with Crippen LogP contribution in [-0.4, -0.2) is 90.5 Å². The summed E-state index contributed by atoms with van der Waals surface area (Å²) in [5.41, 5.74) is 5.42. The largest absolute Gasteiger partial charge is 0.443 e. The Bertz CT molecular complexity index is 521. The summed E-state index contributed by atoms with van der Waals surface area (Å²) in [6.07, 6.45) is 0.673. The highest BCUT2D eigenvalue weighted by Crippen LogP contribution is 2.46. The molecular weight excluding hydrogens is 338 g/mol. The van der Waals surface area contributed by atoms with E-state index in [1.54, 1.807) is 14.1 Å². The lowest BCUT2D eigenvalue weighted by molar-refractivity contribution is -0.168. The lowest BCUT2D eigenvalue weighted by atomic mass is 9.78. The van der Waals surface area contributed by atoms with Crippen LogP contribution in [0.4, 0.5) is 4.79 Å². The van der Waals surface area contributed by atoms with Gasteiger partial charge in [-0.25, -0.2) is 4.79 Å². The molecule has 3 aliphatic rings. The van der Waals surface area contributed by atoms with Gasteiger partial charge in [-0.15, -0.1) is 0 Å². The van der Waals surface area contributed by atoms with E-state index in [0.717, 1.165) is 25.9 Å². The number of aliphatic hydroxyl groups is 1. The molecule has 1 aliphatic carbocycles. The van der Waals surface area contributed by atoms with Crippen molar-refractivity contribution in [2.45, 2.75) is 75.3 Å². The molecule has 150 valence electrons. The van der Waals surface area contributed by atoms with Gasteiger partial charge in [-0.3, -0.25) is 0 Å². The zero-order valence-electron chi connectivity index (χ0n) is 16.3. The van der Waals surface area contributed by atoms with E-state index in [4.69, 9.17) is 19.9 Å². The molecule has 3 N–H and O–H groups in total. The van der Waals surface area contributed by atoms with Gasteiger partial charge < -0.3 is 34.9 Å². The second-order valence-corrected chi connectivity index (χ2v) is 8.56. The molecule has 3 rings (SSSR count). The summed E-state index contributed by atoms with van der Waals surface area (Å²) in [5.74, 6) is -0.779. The molecular formula is C18H33N3O5. The van der Waals surface area contributed by atoms with Crippen molar-refractivity contribution in [3.8, 4) is 0 Å². The van der Waals surface area contributed by atoms with E-state index >= 15 is 0 Å². The van der Waals surface area contributed by atoms with Crippen LogP contribution in [0.2, 0.25) is 0 Å². The van der Waals surface area contributed by atoms with Crippen molar-refractivity contribution in [1.29, 1.82) is 0 Å². The van der Waals surface area contributed by atoms with Gasteiger partial charge in [0, 0.05) is 26.7 Å². The van der Waals surface area contributed by atoms with Gasteiger partial charge >= 0.3 is 6.09 Å². The minimum Gasteiger partial charge on any atom is -0.443 e. The van der Waals surface area contributed by atoms with Crippen LogP contribution < -0.4 is 5.73 Å². The Hall–Kier alpha value is -0.930. The fourth-order valence-corrected chi connectivity index (χ4v) is 4.37. The second-order valence-electron chi connectivity index (χ2n) is 8.56. The molecule has 0 aromatic heterocycles. The molecule has 0 spiro atoms. The number of fused-ring (bicyclic) bond motifs is 1. The van der Waals surface area contributed by atoms with Crippen molar-refractivity contribution in [3.63, 3.8) is 0 Å². The highest BCUT2D eigenvalue weighted by Gasteiger charge is 2.60. The van der Waals surface area contributed by atoms with Crippen LogP contribution in [0.1, 0.15) is 39.5 Å². The molecule has 0 radical (unpaired) electrons. The smallest absolute Gasteiger partial charge is 0.409 e. The molecule has 2 saturated heterocycles. The number of piperidine rings is 1. The summed E-state index contributed by atoms with van der Waals surface area (Å²) in [6.45, 7) is 6.28. The number of nitrogens with two attached hydrogens (primary N) is 1. The predicted molar refractivity (Wildman–Crippen MR) is 95.6 cm³/mol. The maximum atomic E-state index is 11.9. The van der Waals surface area contributed by atoms with E-state index in [9.17, 15) is 9.90 Å². The summed E-state index contributed by atoms with van der Waals surface area (Å²) < 4.78 is 17.9. The van der Waals surface area contributed by atoms with Crippen molar-refractivity contribution in [2.24, 2.45) is 5.73 Å². The molecule has 2 aliphatic heterocycles. The van der Waals surface area contributed by atoms with Crippen LogP contribution >= 0.6 is 0 Å². The molecule has 0 bridgehead atoms.